The van der Waals surface area contributed by atoms with E-state index in [2.05, 4.69) is 10.6 Å². The van der Waals surface area contributed by atoms with Crippen molar-refractivity contribution < 1.29 is 19.1 Å². The first-order chi connectivity index (χ1) is 13.0. The molecule has 8 nitrogen and oxygen atoms in total. The summed E-state index contributed by atoms with van der Waals surface area (Å²) in [5.74, 6) is 0. The Bertz CT molecular complexity index is 761. The zero-order valence-electron chi connectivity index (χ0n) is 15.2. The molecule has 3 aliphatic heterocycles. The van der Waals surface area contributed by atoms with Gasteiger partial charge in [-0.25, -0.2) is 9.59 Å². The van der Waals surface area contributed by atoms with Crippen LogP contribution in [-0.2, 0) is 9.47 Å². The summed E-state index contributed by atoms with van der Waals surface area (Å²) in [6.07, 6.45) is 0.747. The van der Waals surface area contributed by atoms with Crippen LogP contribution >= 0.6 is 11.6 Å². The molecule has 0 radical (unpaired) electrons. The molecule has 27 heavy (non-hydrogen) atoms. The maximum Gasteiger partial charge on any atom is 0.322 e. The average Bonchev–Trinajstić information content (AvgIpc) is 3.23. The molecule has 2 atom stereocenters. The number of benzene rings is 1. The molecule has 2 unspecified atom stereocenters. The van der Waals surface area contributed by atoms with Gasteiger partial charge in [-0.2, -0.15) is 0 Å². The van der Waals surface area contributed by atoms with Crippen molar-refractivity contribution in [3.8, 4) is 0 Å². The monoisotopic (exact) mass is 394 g/mol. The van der Waals surface area contributed by atoms with E-state index in [0.717, 1.165) is 6.42 Å². The highest BCUT2D eigenvalue weighted by molar-refractivity contribution is 6.34. The van der Waals surface area contributed by atoms with Crippen LogP contribution in [0.15, 0.2) is 18.2 Å². The van der Waals surface area contributed by atoms with Gasteiger partial charge in [-0.05, 0) is 25.1 Å². The van der Waals surface area contributed by atoms with E-state index >= 15 is 0 Å². The van der Waals surface area contributed by atoms with E-state index in [1.807, 2.05) is 6.92 Å². The summed E-state index contributed by atoms with van der Waals surface area (Å²) in [6.45, 7) is 5.25. The lowest BCUT2D eigenvalue weighted by molar-refractivity contribution is -0.124. The lowest BCUT2D eigenvalue weighted by Gasteiger charge is -2.41. The SMILES string of the molecule is CC1OCCC12CN(C(=O)Nc1ccc(Cl)c(N3CCNC3=O)c1)CCO2. The highest BCUT2D eigenvalue weighted by atomic mass is 35.5. The molecule has 3 heterocycles. The van der Waals surface area contributed by atoms with E-state index in [1.165, 1.54) is 0 Å². The van der Waals surface area contributed by atoms with E-state index in [4.69, 9.17) is 21.1 Å². The van der Waals surface area contributed by atoms with Gasteiger partial charge < -0.3 is 25.0 Å². The van der Waals surface area contributed by atoms with Crippen LogP contribution in [0.25, 0.3) is 0 Å². The predicted molar refractivity (Wildman–Crippen MR) is 102 cm³/mol. The maximum absolute atomic E-state index is 12.8. The molecule has 1 spiro atoms. The minimum atomic E-state index is -0.422. The molecule has 0 bridgehead atoms. The Morgan fingerprint density at radius 2 is 2.22 bits per heavy atom. The van der Waals surface area contributed by atoms with Gasteiger partial charge >= 0.3 is 12.1 Å². The van der Waals surface area contributed by atoms with Gasteiger partial charge in [-0.3, -0.25) is 4.90 Å². The van der Waals surface area contributed by atoms with Crippen molar-refractivity contribution in [3.05, 3.63) is 23.2 Å². The standard InChI is InChI=1S/C18H23ClN4O4/c1-12-18(4-8-26-12)11-22(7-9-27-18)17(25)21-13-2-3-14(19)15(10-13)23-6-5-20-16(23)24/h2-3,10,12H,4-9,11H2,1H3,(H,20,24)(H,21,25). The first-order valence-electron chi connectivity index (χ1n) is 9.15. The first-order valence-corrected chi connectivity index (χ1v) is 9.53. The topological polar surface area (TPSA) is 83.1 Å². The fourth-order valence-corrected chi connectivity index (χ4v) is 4.06. The molecule has 3 fully saturated rings. The van der Waals surface area contributed by atoms with Crippen LogP contribution < -0.4 is 15.5 Å². The Labute approximate surface area is 162 Å². The van der Waals surface area contributed by atoms with Crippen LogP contribution in [0.5, 0.6) is 0 Å². The van der Waals surface area contributed by atoms with Crippen molar-refractivity contribution in [1.29, 1.82) is 0 Å². The molecular formula is C18H23ClN4O4. The van der Waals surface area contributed by atoms with Crippen molar-refractivity contribution in [2.24, 2.45) is 0 Å². The average molecular weight is 395 g/mol. The molecule has 146 valence electrons. The van der Waals surface area contributed by atoms with Crippen molar-refractivity contribution in [3.63, 3.8) is 0 Å². The van der Waals surface area contributed by atoms with Gasteiger partial charge in [0.15, 0.2) is 0 Å². The molecule has 4 rings (SSSR count). The van der Waals surface area contributed by atoms with Crippen LogP contribution in [0.3, 0.4) is 0 Å². The predicted octanol–water partition coefficient (Wildman–Crippen LogP) is 2.28. The molecule has 9 heteroatoms. The van der Waals surface area contributed by atoms with Gasteiger partial charge in [-0.15, -0.1) is 0 Å². The number of carbonyl (C=O) groups is 2. The van der Waals surface area contributed by atoms with E-state index in [1.54, 1.807) is 28.0 Å². The number of urea groups is 2. The van der Waals surface area contributed by atoms with Gasteiger partial charge in [0.05, 0.1) is 30.0 Å². The number of anilines is 2. The molecule has 2 N–H and O–H groups in total. The fraction of sp³-hybridized carbons (Fsp3) is 0.556. The lowest BCUT2D eigenvalue weighted by Crippen LogP contribution is -2.57. The van der Waals surface area contributed by atoms with Crippen molar-refractivity contribution in [2.45, 2.75) is 25.0 Å². The van der Waals surface area contributed by atoms with Gasteiger partial charge in [0.25, 0.3) is 0 Å². The maximum atomic E-state index is 12.8. The molecular weight excluding hydrogens is 372 g/mol. The second-order valence-corrected chi connectivity index (χ2v) is 7.48. The number of amides is 4. The largest absolute Gasteiger partial charge is 0.375 e. The molecule has 0 aliphatic carbocycles. The summed E-state index contributed by atoms with van der Waals surface area (Å²) in [5, 5.41) is 6.12. The van der Waals surface area contributed by atoms with E-state index in [-0.39, 0.29) is 18.2 Å². The molecule has 1 aromatic rings. The quantitative estimate of drug-likeness (QED) is 0.806. The molecule has 0 saturated carbocycles. The number of halogens is 1. The number of rotatable bonds is 2. The number of carbonyl (C=O) groups excluding carboxylic acids is 2. The highest BCUT2D eigenvalue weighted by Crippen LogP contribution is 2.34. The van der Waals surface area contributed by atoms with Crippen LogP contribution in [0.2, 0.25) is 5.02 Å². The Hall–Kier alpha value is -2.03. The third-order valence-electron chi connectivity index (χ3n) is 5.48. The second-order valence-electron chi connectivity index (χ2n) is 7.08. The lowest BCUT2D eigenvalue weighted by atomic mass is 9.94. The van der Waals surface area contributed by atoms with Crippen molar-refractivity contribution in [2.75, 3.05) is 49.6 Å². The summed E-state index contributed by atoms with van der Waals surface area (Å²) in [6, 6.07) is 4.76. The van der Waals surface area contributed by atoms with Gasteiger partial charge in [0.2, 0.25) is 0 Å². The Kier molecular flexibility index (Phi) is 4.88. The number of nitrogens with zero attached hydrogens (tertiary/aromatic N) is 2. The molecule has 3 saturated heterocycles. The van der Waals surface area contributed by atoms with E-state index < -0.39 is 5.60 Å². The summed E-state index contributed by atoms with van der Waals surface area (Å²) in [4.78, 5) is 28.0. The minimum Gasteiger partial charge on any atom is -0.375 e. The zero-order valence-corrected chi connectivity index (χ0v) is 15.9. The van der Waals surface area contributed by atoms with Gasteiger partial charge in [-0.1, -0.05) is 11.6 Å². The third-order valence-corrected chi connectivity index (χ3v) is 5.80. The first kappa shape index (κ1) is 18.3. The van der Waals surface area contributed by atoms with Crippen LogP contribution in [0.4, 0.5) is 21.0 Å². The summed E-state index contributed by atoms with van der Waals surface area (Å²) < 4.78 is 11.6. The third kappa shape index (κ3) is 3.44. The fourth-order valence-electron chi connectivity index (χ4n) is 3.84. The molecule has 0 aromatic heterocycles. The molecule has 1 aromatic carbocycles. The Morgan fingerprint density at radius 1 is 1.37 bits per heavy atom. The normalized spacial score (nSPS) is 27.9. The Morgan fingerprint density at radius 3 is 2.93 bits per heavy atom. The van der Waals surface area contributed by atoms with Crippen LogP contribution in [-0.4, -0.2) is 68.1 Å². The zero-order chi connectivity index (χ0) is 19.0. The summed E-state index contributed by atoms with van der Waals surface area (Å²) in [5.41, 5.74) is 0.755. The van der Waals surface area contributed by atoms with E-state index in [9.17, 15) is 9.59 Å². The summed E-state index contributed by atoms with van der Waals surface area (Å²) >= 11 is 6.25. The minimum absolute atomic E-state index is 0.0380. The Balaban J connectivity index is 1.47. The molecule has 4 amide bonds. The smallest absolute Gasteiger partial charge is 0.322 e. The van der Waals surface area contributed by atoms with E-state index in [0.29, 0.717) is 55.8 Å². The second kappa shape index (κ2) is 7.18. The van der Waals surface area contributed by atoms with Gasteiger partial charge in [0.1, 0.15) is 5.60 Å². The van der Waals surface area contributed by atoms with Crippen molar-refractivity contribution in [1.82, 2.24) is 10.2 Å². The summed E-state index contributed by atoms with van der Waals surface area (Å²) in [7, 11) is 0. The number of ether oxygens (including phenoxy) is 2. The van der Waals surface area contributed by atoms with Gasteiger partial charge in [0, 0.05) is 38.3 Å². The van der Waals surface area contributed by atoms with Crippen LogP contribution in [0, 0.1) is 0 Å². The number of hydrogen-bond donors (Lipinski definition) is 2. The van der Waals surface area contributed by atoms with Crippen LogP contribution in [0.1, 0.15) is 13.3 Å². The molecule has 3 aliphatic rings. The number of nitrogens with one attached hydrogen (secondary N) is 2. The van der Waals surface area contributed by atoms with Crippen molar-refractivity contribution >= 4 is 35.0 Å². The highest BCUT2D eigenvalue weighted by Gasteiger charge is 2.47. The number of morpholine rings is 1. The number of hydrogen-bond acceptors (Lipinski definition) is 4.